The fourth-order valence-electron chi connectivity index (χ4n) is 2.71. The first-order chi connectivity index (χ1) is 13.5. The van der Waals surface area contributed by atoms with Crippen LogP contribution in [0, 0.1) is 0 Å². The molecule has 0 bridgehead atoms. The molecule has 0 aromatic heterocycles. The summed E-state index contributed by atoms with van der Waals surface area (Å²) in [6.07, 6.45) is 2.73. The standard InChI is InChI=1S/C22H29NO5S/c1-22(2,3)28-21(24)6-4-5-17-7-9-18(10-8-17)15-16-27-19-11-13-20(14-12-19)29(23,25)26/h7-14H,4-6,15-16H2,1-3H3,(H2,23,25,26). The Morgan fingerprint density at radius 3 is 2.00 bits per heavy atom. The van der Waals surface area contributed by atoms with Gasteiger partial charge in [0.05, 0.1) is 11.5 Å². The molecule has 0 fully saturated rings. The molecule has 0 saturated carbocycles. The summed E-state index contributed by atoms with van der Waals surface area (Å²) in [4.78, 5) is 11.8. The van der Waals surface area contributed by atoms with Crippen LogP contribution in [-0.2, 0) is 32.4 Å². The molecular formula is C22H29NO5S. The van der Waals surface area contributed by atoms with E-state index < -0.39 is 15.6 Å². The maximum atomic E-state index is 11.7. The topological polar surface area (TPSA) is 95.7 Å². The number of ether oxygens (including phenoxy) is 2. The SMILES string of the molecule is CC(C)(C)OC(=O)CCCc1ccc(CCOc2ccc(S(N)(=O)=O)cc2)cc1. The molecule has 0 amide bonds. The first-order valence-electron chi connectivity index (χ1n) is 9.58. The van der Waals surface area contributed by atoms with Crippen molar-refractivity contribution in [3.8, 4) is 5.75 Å². The normalized spacial score (nSPS) is 11.9. The van der Waals surface area contributed by atoms with E-state index in [-0.39, 0.29) is 10.9 Å². The van der Waals surface area contributed by atoms with Gasteiger partial charge in [-0.2, -0.15) is 0 Å². The van der Waals surface area contributed by atoms with Gasteiger partial charge in [0.15, 0.2) is 0 Å². The maximum absolute atomic E-state index is 11.7. The zero-order valence-corrected chi connectivity index (χ0v) is 18.0. The molecule has 2 N–H and O–H groups in total. The lowest BCUT2D eigenvalue weighted by Crippen LogP contribution is -2.23. The minimum Gasteiger partial charge on any atom is -0.493 e. The third-order valence-electron chi connectivity index (χ3n) is 4.10. The lowest BCUT2D eigenvalue weighted by molar-refractivity contribution is -0.154. The van der Waals surface area contributed by atoms with E-state index in [4.69, 9.17) is 14.6 Å². The molecule has 2 aromatic rings. The van der Waals surface area contributed by atoms with E-state index in [9.17, 15) is 13.2 Å². The molecule has 0 radical (unpaired) electrons. The molecule has 0 aliphatic rings. The van der Waals surface area contributed by atoms with E-state index in [1.54, 1.807) is 12.1 Å². The number of carbonyl (C=O) groups is 1. The summed E-state index contributed by atoms with van der Waals surface area (Å²) in [6, 6.07) is 14.3. The fraction of sp³-hybridized carbons (Fsp3) is 0.409. The van der Waals surface area contributed by atoms with Crippen molar-refractivity contribution in [1.29, 1.82) is 0 Å². The first-order valence-corrected chi connectivity index (χ1v) is 11.1. The average molecular weight is 420 g/mol. The van der Waals surface area contributed by atoms with Crippen molar-refractivity contribution in [3.05, 3.63) is 59.7 Å². The molecule has 2 aromatic carbocycles. The number of primary sulfonamides is 1. The van der Waals surface area contributed by atoms with Crippen LogP contribution < -0.4 is 9.88 Å². The van der Waals surface area contributed by atoms with Crippen LogP contribution in [0.4, 0.5) is 0 Å². The van der Waals surface area contributed by atoms with Crippen molar-refractivity contribution in [2.45, 2.75) is 57.0 Å². The monoisotopic (exact) mass is 419 g/mol. The first kappa shape index (κ1) is 22.9. The number of aryl methyl sites for hydroxylation is 1. The highest BCUT2D eigenvalue weighted by molar-refractivity contribution is 7.89. The Morgan fingerprint density at radius 2 is 1.48 bits per heavy atom. The highest BCUT2D eigenvalue weighted by Gasteiger charge is 2.15. The summed E-state index contributed by atoms with van der Waals surface area (Å²) in [6.45, 7) is 6.08. The number of carbonyl (C=O) groups excluding carboxylic acids is 1. The molecule has 158 valence electrons. The average Bonchev–Trinajstić information content (AvgIpc) is 2.61. The van der Waals surface area contributed by atoms with Gasteiger partial charge in [0.1, 0.15) is 11.4 Å². The molecule has 0 aliphatic heterocycles. The van der Waals surface area contributed by atoms with Crippen molar-refractivity contribution in [1.82, 2.24) is 0 Å². The number of rotatable bonds is 9. The molecule has 0 atom stereocenters. The number of sulfonamides is 1. The van der Waals surface area contributed by atoms with Gasteiger partial charge in [-0.3, -0.25) is 4.79 Å². The van der Waals surface area contributed by atoms with Gasteiger partial charge in [-0.05, 0) is 69.0 Å². The summed E-state index contributed by atoms with van der Waals surface area (Å²) in [5.74, 6) is 0.430. The van der Waals surface area contributed by atoms with Crippen LogP contribution in [0.3, 0.4) is 0 Å². The molecule has 29 heavy (non-hydrogen) atoms. The van der Waals surface area contributed by atoms with Gasteiger partial charge >= 0.3 is 5.97 Å². The summed E-state index contributed by atoms with van der Waals surface area (Å²) >= 11 is 0. The third-order valence-corrected chi connectivity index (χ3v) is 5.03. The Morgan fingerprint density at radius 1 is 0.931 bits per heavy atom. The molecule has 6 nitrogen and oxygen atoms in total. The summed E-state index contributed by atoms with van der Waals surface area (Å²) < 4.78 is 33.4. The summed E-state index contributed by atoms with van der Waals surface area (Å²) in [5.41, 5.74) is 1.88. The van der Waals surface area contributed by atoms with Gasteiger partial charge in [0, 0.05) is 12.8 Å². The number of benzene rings is 2. The van der Waals surface area contributed by atoms with E-state index in [2.05, 4.69) is 24.3 Å². The van der Waals surface area contributed by atoms with E-state index in [1.807, 2.05) is 20.8 Å². The van der Waals surface area contributed by atoms with Crippen molar-refractivity contribution in [2.75, 3.05) is 6.61 Å². The van der Waals surface area contributed by atoms with Crippen LogP contribution >= 0.6 is 0 Å². The molecule has 0 spiro atoms. The van der Waals surface area contributed by atoms with Gasteiger partial charge in [-0.1, -0.05) is 24.3 Å². The molecule has 0 aliphatic carbocycles. The lowest BCUT2D eigenvalue weighted by Gasteiger charge is -2.19. The van der Waals surface area contributed by atoms with Crippen molar-refractivity contribution in [3.63, 3.8) is 0 Å². The van der Waals surface area contributed by atoms with Crippen LogP contribution in [0.15, 0.2) is 53.4 Å². The van der Waals surface area contributed by atoms with E-state index in [0.29, 0.717) is 18.8 Å². The van der Waals surface area contributed by atoms with Gasteiger partial charge in [0.25, 0.3) is 0 Å². The highest BCUT2D eigenvalue weighted by atomic mass is 32.2. The zero-order valence-electron chi connectivity index (χ0n) is 17.2. The maximum Gasteiger partial charge on any atom is 0.306 e. The Balaban J connectivity index is 1.73. The zero-order chi connectivity index (χ0) is 21.5. The van der Waals surface area contributed by atoms with Gasteiger partial charge in [0.2, 0.25) is 10.0 Å². The molecular weight excluding hydrogens is 390 g/mol. The highest BCUT2D eigenvalue weighted by Crippen LogP contribution is 2.16. The van der Waals surface area contributed by atoms with Crippen molar-refractivity contribution >= 4 is 16.0 Å². The van der Waals surface area contributed by atoms with Crippen LogP contribution in [0.5, 0.6) is 5.75 Å². The number of esters is 1. The van der Waals surface area contributed by atoms with Gasteiger partial charge in [-0.25, -0.2) is 13.6 Å². The minimum absolute atomic E-state index is 0.0621. The quantitative estimate of drug-likeness (QED) is 0.626. The van der Waals surface area contributed by atoms with Crippen LogP contribution in [0.1, 0.15) is 44.7 Å². The second kappa shape index (κ2) is 9.89. The van der Waals surface area contributed by atoms with Crippen LogP contribution in [0.25, 0.3) is 0 Å². The molecule has 0 unspecified atom stereocenters. The Labute approximate surface area is 173 Å². The van der Waals surface area contributed by atoms with Crippen molar-refractivity contribution < 1.29 is 22.7 Å². The Bertz CT molecular complexity index is 898. The lowest BCUT2D eigenvalue weighted by atomic mass is 10.0. The van der Waals surface area contributed by atoms with Crippen LogP contribution in [-0.4, -0.2) is 26.6 Å². The predicted molar refractivity (Wildman–Crippen MR) is 112 cm³/mol. The molecule has 0 heterocycles. The number of hydrogen-bond acceptors (Lipinski definition) is 5. The molecule has 7 heteroatoms. The van der Waals surface area contributed by atoms with E-state index >= 15 is 0 Å². The van der Waals surface area contributed by atoms with Crippen molar-refractivity contribution in [2.24, 2.45) is 5.14 Å². The van der Waals surface area contributed by atoms with E-state index in [0.717, 1.165) is 24.8 Å². The van der Waals surface area contributed by atoms with Gasteiger partial charge in [-0.15, -0.1) is 0 Å². The Kier molecular flexibility index (Phi) is 7.81. The number of hydrogen-bond donors (Lipinski definition) is 1. The van der Waals surface area contributed by atoms with Gasteiger partial charge < -0.3 is 9.47 Å². The molecule has 2 rings (SSSR count). The fourth-order valence-corrected chi connectivity index (χ4v) is 3.23. The minimum atomic E-state index is -3.69. The number of nitrogens with two attached hydrogens (primary N) is 1. The third kappa shape index (κ3) is 8.66. The molecule has 0 saturated heterocycles. The Hall–Kier alpha value is -2.38. The largest absolute Gasteiger partial charge is 0.493 e. The smallest absolute Gasteiger partial charge is 0.306 e. The second-order valence-electron chi connectivity index (χ2n) is 7.87. The van der Waals surface area contributed by atoms with E-state index in [1.165, 1.54) is 17.7 Å². The predicted octanol–water partition coefficient (Wildman–Crippen LogP) is 3.62. The van der Waals surface area contributed by atoms with Crippen LogP contribution in [0.2, 0.25) is 0 Å². The summed E-state index contributed by atoms with van der Waals surface area (Å²) in [5, 5.41) is 5.07. The second-order valence-corrected chi connectivity index (χ2v) is 9.43. The summed E-state index contributed by atoms with van der Waals surface area (Å²) in [7, 11) is -3.69.